The summed E-state index contributed by atoms with van der Waals surface area (Å²) in [6.45, 7) is 3.84. The van der Waals surface area contributed by atoms with Gasteiger partial charge >= 0.3 is 0 Å². The van der Waals surface area contributed by atoms with Crippen molar-refractivity contribution in [1.82, 2.24) is 14.4 Å². The zero-order valence-electron chi connectivity index (χ0n) is 12.0. The van der Waals surface area contributed by atoms with E-state index in [0.29, 0.717) is 16.7 Å². The van der Waals surface area contributed by atoms with Crippen molar-refractivity contribution in [3.8, 4) is 0 Å². The van der Waals surface area contributed by atoms with Crippen LogP contribution in [0.1, 0.15) is 24.2 Å². The highest BCUT2D eigenvalue weighted by atomic mass is 79.9. The number of aromatic nitrogens is 2. The van der Waals surface area contributed by atoms with E-state index >= 15 is 0 Å². The molecule has 0 N–H and O–H groups in total. The molecule has 0 aliphatic carbocycles. The van der Waals surface area contributed by atoms with Crippen LogP contribution >= 0.6 is 15.9 Å². The third kappa shape index (κ3) is 3.50. The minimum absolute atomic E-state index is 0.0374. The molecule has 1 aromatic heterocycles. The van der Waals surface area contributed by atoms with Gasteiger partial charge in [0.05, 0.1) is 11.4 Å². The van der Waals surface area contributed by atoms with Gasteiger partial charge in [-0.15, -0.1) is 0 Å². The number of nitrogens with zero attached hydrogens (tertiary/aromatic N) is 3. The van der Waals surface area contributed by atoms with Gasteiger partial charge in [-0.1, -0.05) is 18.1 Å². The Morgan fingerprint density at radius 3 is 2.67 bits per heavy atom. The van der Waals surface area contributed by atoms with Gasteiger partial charge in [0.15, 0.2) is 5.82 Å². The first kappa shape index (κ1) is 16.1. The first-order chi connectivity index (χ1) is 9.84. The number of sulfonamides is 1. The summed E-state index contributed by atoms with van der Waals surface area (Å²) in [5, 5.41) is 3.75. The second-order valence-electron chi connectivity index (χ2n) is 4.65. The second kappa shape index (κ2) is 6.25. The molecule has 1 aromatic carbocycles. The van der Waals surface area contributed by atoms with Crippen molar-refractivity contribution >= 4 is 26.0 Å². The van der Waals surface area contributed by atoms with Crippen LogP contribution in [0.2, 0.25) is 0 Å². The molecule has 8 heteroatoms. The average molecular weight is 374 g/mol. The Bertz CT molecular complexity index is 743. The van der Waals surface area contributed by atoms with Crippen molar-refractivity contribution in [2.75, 3.05) is 7.05 Å². The fourth-order valence-corrected chi connectivity index (χ4v) is 4.02. The molecule has 0 saturated carbocycles. The topological polar surface area (TPSA) is 76.3 Å². The summed E-state index contributed by atoms with van der Waals surface area (Å²) in [6.07, 6.45) is 0.642. The molecule has 2 rings (SSSR count). The second-order valence-corrected chi connectivity index (χ2v) is 7.52. The number of aryl methyl sites for hydroxylation is 2. The van der Waals surface area contributed by atoms with Gasteiger partial charge in [0, 0.05) is 17.9 Å². The van der Waals surface area contributed by atoms with E-state index in [4.69, 9.17) is 4.52 Å². The van der Waals surface area contributed by atoms with Gasteiger partial charge in [0.25, 0.3) is 0 Å². The van der Waals surface area contributed by atoms with Crippen LogP contribution in [0.25, 0.3) is 0 Å². The molecule has 0 fully saturated rings. The number of rotatable bonds is 5. The molecule has 0 saturated heterocycles. The summed E-state index contributed by atoms with van der Waals surface area (Å²) in [6, 6.07) is 5.10. The highest BCUT2D eigenvalue weighted by Crippen LogP contribution is 2.26. The lowest BCUT2D eigenvalue weighted by atomic mass is 10.2. The van der Waals surface area contributed by atoms with Gasteiger partial charge in [-0.05, 0) is 40.5 Å². The molecule has 114 valence electrons. The first-order valence-corrected chi connectivity index (χ1v) is 8.62. The van der Waals surface area contributed by atoms with E-state index < -0.39 is 10.0 Å². The van der Waals surface area contributed by atoms with Gasteiger partial charge in [-0.2, -0.15) is 9.29 Å². The van der Waals surface area contributed by atoms with Gasteiger partial charge in [-0.25, -0.2) is 8.42 Å². The maximum Gasteiger partial charge on any atom is 0.244 e. The fraction of sp³-hybridized carbons (Fsp3) is 0.385. The summed E-state index contributed by atoms with van der Waals surface area (Å²) in [5.41, 5.74) is 0.980. The fourth-order valence-electron chi connectivity index (χ4n) is 1.76. The molecule has 1 heterocycles. The van der Waals surface area contributed by atoms with E-state index in [-0.39, 0.29) is 17.3 Å². The number of hydrogen-bond acceptors (Lipinski definition) is 5. The number of benzene rings is 1. The standard InChI is InChI=1S/C13H16BrN3O3S/c1-4-12-15-13(20-16-12)8-17(3)21(18,19)11-6-5-9(2)7-10(11)14/h5-7H,4,8H2,1-3H3. The van der Waals surface area contributed by atoms with E-state index in [2.05, 4.69) is 26.1 Å². The van der Waals surface area contributed by atoms with Crippen LogP contribution in [0.4, 0.5) is 0 Å². The summed E-state index contributed by atoms with van der Waals surface area (Å²) >= 11 is 3.29. The molecule has 0 unspecified atom stereocenters. The van der Waals surface area contributed by atoms with Crippen LogP contribution in [-0.4, -0.2) is 29.9 Å². The Balaban J connectivity index is 2.25. The zero-order chi connectivity index (χ0) is 15.6. The lowest BCUT2D eigenvalue weighted by Crippen LogP contribution is -2.27. The zero-order valence-corrected chi connectivity index (χ0v) is 14.4. The summed E-state index contributed by atoms with van der Waals surface area (Å²) in [7, 11) is -2.14. The maximum atomic E-state index is 12.6. The molecular weight excluding hydrogens is 358 g/mol. The van der Waals surface area contributed by atoms with Crippen LogP contribution in [0, 0.1) is 6.92 Å². The van der Waals surface area contributed by atoms with Crippen molar-refractivity contribution in [3.63, 3.8) is 0 Å². The Kier molecular flexibility index (Phi) is 4.80. The van der Waals surface area contributed by atoms with Gasteiger partial charge in [0.1, 0.15) is 0 Å². The van der Waals surface area contributed by atoms with E-state index in [0.717, 1.165) is 5.56 Å². The van der Waals surface area contributed by atoms with Crippen molar-refractivity contribution in [2.45, 2.75) is 31.7 Å². The predicted molar refractivity (Wildman–Crippen MR) is 81.2 cm³/mol. The minimum atomic E-state index is -3.62. The Hall–Kier alpha value is -1.25. The quantitative estimate of drug-likeness (QED) is 0.804. The van der Waals surface area contributed by atoms with E-state index in [1.54, 1.807) is 18.2 Å². The summed E-state index contributed by atoms with van der Waals surface area (Å²) in [5.74, 6) is 0.841. The lowest BCUT2D eigenvalue weighted by Gasteiger charge is -2.16. The van der Waals surface area contributed by atoms with Crippen molar-refractivity contribution < 1.29 is 12.9 Å². The Morgan fingerprint density at radius 2 is 2.10 bits per heavy atom. The van der Waals surface area contributed by atoms with Gasteiger partial charge in [-0.3, -0.25) is 0 Å². The maximum absolute atomic E-state index is 12.6. The predicted octanol–water partition coefficient (Wildman–Crippen LogP) is 2.52. The van der Waals surface area contributed by atoms with Crippen LogP contribution < -0.4 is 0 Å². The highest BCUT2D eigenvalue weighted by Gasteiger charge is 2.25. The van der Waals surface area contributed by atoms with Gasteiger partial charge < -0.3 is 4.52 Å². The summed E-state index contributed by atoms with van der Waals surface area (Å²) in [4.78, 5) is 4.33. The molecule has 2 aromatic rings. The smallest absolute Gasteiger partial charge is 0.244 e. The summed E-state index contributed by atoms with van der Waals surface area (Å²) < 4.78 is 31.9. The van der Waals surface area contributed by atoms with Crippen molar-refractivity contribution in [2.24, 2.45) is 0 Å². The molecule has 0 bridgehead atoms. The van der Waals surface area contributed by atoms with E-state index in [1.165, 1.54) is 11.4 Å². The molecule has 0 amide bonds. The lowest BCUT2D eigenvalue weighted by molar-refractivity contribution is 0.334. The molecule has 0 aliphatic rings. The SMILES string of the molecule is CCc1noc(CN(C)S(=O)(=O)c2ccc(C)cc2Br)n1. The largest absolute Gasteiger partial charge is 0.338 e. The van der Waals surface area contributed by atoms with Crippen molar-refractivity contribution in [3.05, 3.63) is 40.0 Å². The first-order valence-electron chi connectivity index (χ1n) is 6.38. The van der Waals surface area contributed by atoms with Crippen LogP contribution in [0.5, 0.6) is 0 Å². The van der Waals surface area contributed by atoms with Gasteiger partial charge in [0.2, 0.25) is 15.9 Å². The normalized spacial score (nSPS) is 12.0. The molecule has 0 spiro atoms. The highest BCUT2D eigenvalue weighted by molar-refractivity contribution is 9.10. The molecule has 0 aliphatic heterocycles. The molecule has 6 nitrogen and oxygen atoms in total. The molecule has 0 atom stereocenters. The average Bonchev–Trinajstić information content (AvgIpc) is 2.85. The Morgan fingerprint density at radius 1 is 1.38 bits per heavy atom. The van der Waals surface area contributed by atoms with E-state index in [1.807, 2.05) is 13.8 Å². The molecule has 0 radical (unpaired) electrons. The van der Waals surface area contributed by atoms with Crippen molar-refractivity contribution in [1.29, 1.82) is 0 Å². The number of hydrogen-bond donors (Lipinski definition) is 0. The van der Waals surface area contributed by atoms with Crippen LogP contribution in [0.3, 0.4) is 0 Å². The number of halogens is 1. The minimum Gasteiger partial charge on any atom is -0.338 e. The third-order valence-electron chi connectivity index (χ3n) is 2.96. The van der Waals surface area contributed by atoms with Crippen LogP contribution in [-0.2, 0) is 23.0 Å². The molecular formula is C13H16BrN3O3S. The van der Waals surface area contributed by atoms with Crippen LogP contribution in [0.15, 0.2) is 32.1 Å². The Labute approximate surface area is 132 Å². The molecule has 21 heavy (non-hydrogen) atoms. The third-order valence-corrected chi connectivity index (χ3v) is 5.74. The monoisotopic (exact) mass is 373 g/mol. The van der Waals surface area contributed by atoms with E-state index in [9.17, 15) is 8.42 Å².